The monoisotopic (exact) mass is 498 g/mol. The number of hydrogen-bond donors (Lipinski definition) is 3. The van der Waals surface area contributed by atoms with E-state index >= 15 is 0 Å². The molecule has 1 aliphatic rings. The number of rotatable bonds is 4. The van der Waals surface area contributed by atoms with Gasteiger partial charge in [0.2, 0.25) is 5.72 Å². The van der Waals surface area contributed by atoms with Gasteiger partial charge >= 0.3 is 12.2 Å². The summed E-state index contributed by atoms with van der Waals surface area (Å²) < 4.78 is 47.6. The van der Waals surface area contributed by atoms with Crippen molar-refractivity contribution in [3.8, 4) is 11.3 Å². The van der Waals surface area contributed by atoms with Gasteiger partial charge in [0, 0.05) is 11.1 Å². The van der Waals surface area contributed by atoms with Crippen LogP contribution in [0.3, 0.4) is 0 Å². The molecule has 1 fully saturated rings. The Balaban J connectivity index is 1.83. The number of carbonyl (C=O) groups is 2. The lowest BCUT2D eigenvalue weighted by atomic mass is 9.79. The molecule has 1 saturated heterocycles. The molecule has 3 atom stereocenters. The predicted octanol–water partition coefficient (Wildman–Crippen LogP) is 5.36. The van der Waals surface area contributed by atoms with E-state index < -0.39 is 35.7 Å². The van der Waals surface area contributed by atoms with Gasteiger partial charge in [-0.15, -0.1) is 0 Å². The van der Waals surface area contributed by atoms with Crippen molar-refractivity contribution in [2.24, 2.45) is 5.92 Å². The molecule has 6 nitrogen and oxygen atoms in total. The summed E-state index contributed by atoms with van der Waals surface area (Å²) in [5.74, 6) is -3.29. The van der Waals surface area contributed by atoms with Crippen molar-refractivity contribution in [1.82, 2.24) is 10.6 Å². The Labute approximate surface area is 195 Å². The van der Waals surface area contributed by atoms with Crippen LogP contribution in [0.15, 0.2) is 65.1 Å². The minimum absolute atomic E-state index is 0.0854. The molecular formula is C22H15Cl2F3N2O4. The summed E-state index contributed by atoms with van der Waals surface area (Å²) in [6.07, 6.45) is -5.37. The Morgan fingerprint density at radius 1 is 1.03 bits per heavy atom. The second-order valence-corrected chi connectivity index (χ2v) is 8.14. The maximum absolute atomic E-state index is 14.0. The zero-order valence-electron chi connectivity index (χ0n) is 16.5. The SMILES string of the molecule is O=C1N[C@H](c2ccc(-c3cccc(Cl)c3Cl)o2)[C@@H](C(=O)c2ccccc2)[C@@](O)(C(F)(F)F)N1. The van der Waals surface area contributed by atoms with Crippen LogP contribution in [0.5, 0.6) is 0 Å². The van der Waals surface area contributed by atoms with Crippen LogP contribution in [0.2, 0.25) is 10.0 Å². The van der Waals surface area contributed by atoms with Gasteiger partial charge in [-0.05, 0) is 24.3 Å². The molecule has 0 bridgehead atoms. The van der Waals surface area contributed by atoms with Crippen LogP contribution in [-0.2, 0) is 0 Å². The Morgan fingerprint density at radius 2 is 1.73 bits per heavy atom. The van der Waals surface area contributed by atoms with Crippen molar-refractivity contribution in [1.29, 1.82) is 0 Å². The van der Waals surface area contributed by atoms with E-state index in [-0.39, 0.29) is 27.1 Å². The van der Waals surface area contributed by atoms with Gasteiger partial charge in [-0.1, -0.05) is 59.6 Å². The third-order valence-electron chi connectivity index (χ3n) is 5.30. The fraction of sp³-hybridized carbons (Fsp3) is 0.182. The second-order valence-electron chi connectivity index (χ2n) is 7.35. The van der Waals surface area contributed by atoms with Gasteiger partial charge < -0.3 is 20.2 Å². The van der Waals surface area contributed by atoms with Crippen molar-refractivity contribution in [3.05, 3.63) is 82.0 Å². The van der Waals surface area contributed by atoms with E-state index in [0.717, 1.165) is 0 Å². The van der Waals surface area contributed by atoms with Gasteiger partial charge in [-0.25, -0.2) is 4.79 Å². The standard InChI is InChI=1S/C22H15Cl2F3N2O4/c23-13-8-4-7-12(17(13)24)14-9-10-15(33-14)18-16(19(30)11-5-2-1-3-6-11)21(32,22(25,26)27)29-20(31)28-18/h1-10,16,18,32H,(H2,28,29,31)/t16-,18+,21+/m0/s1. The summed E-state index contributed by atoms with van der Waals surface area (Å²) >= 11 is 12.2. The molecule has 172 valence electrons. The number of benzene rings is 2. The molecule has 3 N–H and O–H groups in total. The van der Waals surface area contributed by atoms with Crippen LogP contribution in [0.1, 0.15) is 22.2 Å². The highest BCUT2D eigenvalue weighted by Gasteiger charge is 2.66. The first-order valence-electron chi connectivity index (χ1n) is 9.54. The lowest BCUT2D eigenvalue weighted by Gasteiger charge is -2.44. The molecule has 2 amide bonds. The van der Waals surface area contributed by atoms with E-state index in [1.807, 2.05) is 0 Å². The predicted molar refractivity (Wildman–Crippen MR) is 114 cm³/mol. The number of carbonyl (C=O) groups excluding carboxylic acids is 2. The summed E-state index contributed by atoms with van der Waals surface area (Å²) in [7, 11) is 0. The van der Waals surface area contributed by atoms with Crippen LogP contribution < -0.4 is 10.6 Å². The number of alkyl halides is 3. The summed E-state index contributed by atoms with van der Waals surface area (Å²) in [6.45, 7) is 0. The Hall–Kier alpha value is -3.01. The van der Waals surface area contributed by atoms with Crippen molar-refractivity contribution in [2.75, 3.05) is 0 Å². The average molecular weight is 499 g/mol. The first-order valence-corrected chi connectivity index (χ1v) is 10.3. The molecule has 2 heterocycles. The van der Waals surface area contributed by atoms with E-state index in [1.165, 1.54) is 41.7 Å². The van der Waals surface area contributed by atoms with E-state index in [4.69, 9.17) is 27.6 Å². The number of furan rings is 1. The third-order valence-corrected chi connectivity index (χ3v) is 6.12. The molecule has 2 aromatic carbocycles. The summed E-state index contributed by atoms with van der Waals surface area (Å²) in [5, 5.41) is 14.7. The first kappa shape index (κ1) is 23.2. The second kappa shape index (κ2) is 8.40. The normalized spacial score (nSPS) is 23.0. The lowest BCUT2D eigenvalue weighted by Crippen LogP contribution is -2.72. The molecule has 0 saturated carbocycles. The largest absolute Gasteiger partial charge is 0.459 e. The Kier molecular flexibility index (Phi) is 5.90. The van der Waals surface area contributed by atoms with Crippen LogP contribution in [0.25, 0.3) is 11.3 Å². The molecule has 1 aliphatic heterocycles. The maximum Gasteiger partial charge on any atom is 0.437 e. The van der Waals surface area contributed by atoms with Gasteiger partial charge in [-0.2, -0.15) is 13.2 Å². The van der Waals surface area contributed by atoms with Crippen LogP contribution >= 0.6 is 23.2 Å². The van der Waals surface area contributed by atoms with E-state index in [2.05, 4.69) is 5.32 Å². The number of amides is 2. The molecule has 11 heteroatoms. The number of aliphatic hydroxyl groups is 1. The minimum Gasteiger partial charge on any atom is -0.459 e. The highest BCUT2D eigenvalue weighted by Crippen LogP contribution is 2.45. The van der Waals surface area contributed by atoms with E-state index in [1.54, 1.807) is 24.3 Å². The van der Waals surface area contributed by atoms with E-state index in [9.17, 15) is 27.9 Å². The quantitative estimate of drug-likeness (QED) is 0.422. The maximum atomic E-state index is 14.0. The number of ketones is 1. The molecule has 0 unspecified atom stereocenters. The van der Waals surface area contributed by atoms with Crippen LogP contribution in [0, 0.1) is 5.92 Å². The zero-order valence-corrected chi connectivity index (χ0v) is 18.0. The first-order chi connectivity index (χ1) is 15.5. The minimum atomic E-state index is -5.37. The third kappa shape index (κ3) is 4.07. The molecule has 4 rings (SSSR count). The number of hydrogen-bond acceptors (Lipinski definition) is 4. The summed E-state index contributed by atoms with van der Waals surface area (Å²) in [4.78, 5) is 25.3. The molecule has 0 radical (unpaired) electrons. The number of urea groups is 1. The topological polar surface area (TPSA) is 91.6 Å². The van der Waals surface area contributed by atoms with Gasteiger partial charge in [-0.3, -0.25) is 4.79 Å². The molecule has 3 aromatic rings. The Bertz CT molecular complexity index is 1220. The van der Waals surface area contributed by atoms with Crippen LogP contribution in [0.4, 0.5) is 18.0 Å². The van der Waals surface area contributed by atoms with Gasteiger partial charge in [0.25, 0.3) is 0 Å². The van der Waals surface area contributed by atoms with Crippen molar-refractivity contribution >= 4 is 35.0 Å². The van der Waals surface area contributed by atoms with Crippen molar-refractivity contribution < 1.29 is 32.3 Å². The summed E-state index contributed by atoms with van der Waals surface area (Å²) in [5.41, 5.74) is -3.58. The smallest absolute Gasteiger partial charge is 0.437 e. The molecule has 0 aliphatic carbocycles. The highest BCUT2D eigenvalue weighted by molar-refractivity contribution is 6.43. The van der Waals surface area contributed by atoms with E-state index in [0.29, 0.717) is 5.56 Å². The molecule has 33 heavy (non-hydrogen) atoms. The Morgan fingerprint density at radius 3 is 2.39 bits per heavy atom. The molecular weight excluding hydrogens is 484 g/mol. The van der Waals surface area contributed by atoms with Crippen molar-refractivity contribution in [3.63, 3.8) is 0 Å². The molecule has 1 aromatic heterocycles. The fourth-order valence-corrected chi connectivity index (χ4v) is 4.11. The highest BCUT2D eigenvalue weighted by atomic mass is 35.5. The average Bonchev–Trinajstić information content (AvgIpc) is 3.24. The summed E-state index contributed by atoms with van der Waals surface area (Å²) in [6, 6.07) is 11.6. The lowest BCUT2D eigenvalue weighted by molar-refractivity contribution is -0.288. The van der Waals surface area contributed by atoms with Gasteiger partial charge in [0.05, 0.1) is 10.0 Å². The van der Waals surface area contributed by atoms with Crippen molar-refractivity contribution in [2.45, 2.75) is 17.9 Å². The number of Topliss-reactive ketones (excluding diaryl/α,β-unsaturated/α-hetero) is 1. The number of halogens is 5. The van der Waals surface area contributed by atoms with Crippen LogP contribution in [-0.4, -0.2) is 28.8 Å². The van der Waals surface area contributed by atoms with Gasteiger partial charge in [0.1, 0.15) is 23.5 Å². The number of nitrogens with one attached hydrogen (secondary N) is 2. The fourth-order valence-electron chi connectivity index (χ4n) is 3.72. The zero-order chi connectivity index (χ0) is 24.0. The van der Waals surface area contributed by atoms with Gasteiger partial charge in [0.15, 0.2) is 5.78 Å². The molecule has 0 spiro atoms.